The van der Waals surface area contributed by atoms with E-state index in [2.05, 4.69) is 33.4 Å². The number of rotatable bonds is 5. The molecule has 0 radical (unpaired) electrons. The van der Waals surface area contributed by atoms with Gasteiger partial charge in [0.1, 0.15) is 0 Å². The molecule has 0 amide bonds. The lowest BCUT2D eigenvalue weighted by molar-refractivity contribution is -0.386. The molecule has 1 rings (SSSR count). The molecular weight excluding hydrogens is 262 g/mol. The van der Waals surface area contributed by atoms with Gasteiger partial charge in [-0.05, 0) is 23.7 Å². The van der Waals surface area contributed by atoms with Gasteiger partial charge < -0.3 is 4.74 Å². The van der Waals surface area contributed by atoms with Gasteiger partial charge in [-0.2, -0.15) is 12.6 Å². The minimum Gasteiger partial charge on any atom is -0.486 e. The zero-order valence-corrected chi connectivity index (χ0v) is 12.7. The van der Waals surface area contributed by atoms with Crippen LogP contribution in [0.1, 0.15) is 26.3 Å². The molecule has 0 heterocycles. The molecule has 0 aliphatic carbocycles. The second kappa shape index (κ2) is 6.28. The molecule has 4 nitrogen and oxygen atoms in total. The first-order valence-corrected chi connectivity index (χ1v) is 6.88. The Kier molecular flexibility index (Phi) is 5.23. The van der Waals surface area contributed by atoms with Crippen molar-refractivity contribution in [2.75, 3.05) is 12.4 Å². The fraction of sp³-hybridized carbons (Fsp3) is 0.571. The molecule has 1 unspecified atom stereocenters. The highest BCUT2D eigenvalue weighted by Crippen LogP contribution is 2.33. The molecule has 106 valence electrons. The smallest absolute Gasteiger partial charge is 0.311 e. The lowest BCUT2D eigenvalue weighted by Gasteiger charge is -2.29. The molecule has 0 aliphatic rings. The van der Waals surface area contributed by atoms with Gasteiger partial charge in [-0.15, -0.1) is 0 Å². The van der Waals surface area contributed by atoms with Crippen molar-refractivity contribution >= 4 is 18.3 Å². The molecule has 0 bridgehead atoms. The van der Waals surface area contributed by atoms with Crippen molar-refractivity contribution in [2.45, 2.75) is 27.7 Å². The summed E-state index contributed by atoms with van der Waals surface area (Å²) in [6.45, 7) is 8.59. The van der Waals surface area contributed by atoms with E-state index in [1.54, 1.807) is 6.07 Å². The fourth-order valence-corrected chi connectivity index (χ4v) is 2.38. The predicted octanol–water partition coefficient (Wildman–Crippen LogP) is 3.87. The molecule has 1 atom stereocenters. The Morgan fingerprint density at radius 2 is 2.05 bits per heavy atom. The van der Waals surface area contributed by atoms with Crippen LogP contribution in [-0.4, -0.2) is 17.3 Å². The minimum atomic E-state index is -0.408. The summed E-state index contributed by atoms with van der Waals surface area (Å²) in [6, 6.07) is 4.95. The van der Waals surface area contributed by atoms with Gasteiger partial charge in [0.15, 0.2) is 5.75 Å². The Bertz CT molecular complexity index is 454. The first-order chi connectivity index (χ1) is 8.77. The van der Waals surface area contributed by atoms with Gasteiger partial charge in [-0.1, -0.05) is 32.9 Å². The first kappa shape index (κ1) is 15.8. The Morgan fingerprint density at radius 1 is 1.42 bits per heavy atom. The molecule has 0 fully saturated rings. The molecule has 5 heteroatoms. The largest absolute Gasteiger partial charge is 0.486 e. The number of hydrogen-bond donors (Lipinski definition) is 1. The summed E-state index contributed by atoms with van der Waals surface area (Å²) in [5, 5.41) is 11.0. The molecule has 1 aromatic carbocycles. The van der Waals surface area contributed by atoms with Crippen LogP contribution in [0, 0.1) is 28.4 Å². The van der Waals surface area contributed by atoms with Crippen LogP contribution in [0.2, 0.25) is 0 Å². The SMILES string of the molecule is Cc1cccc([N+](=O)[O-])c1OCC(CS)C(C)(C)C. The standard InChI is InChI=1S/C14H21NO3S/c1-10-6-5-7-12(15(16)17)13(10)18-8-11(9-19)14(2,3)4/h5-7,11,19H,8-9H2,1-4H3. The van der Waals surface area contributed by atoms with Crippen molar-refractivity contribution in [1.82, 2.24) is 0 Å². The average Bonchev–Trinajstić information content (AvgIpc) is 2.29. The molecule has 0 saturated heterocycles. The van der Waals surface area contributed by atoms with Crippen LogP contribution < -0.4 is 4.74 Å². The number of aryl methyl sites for hydroxylation is 1. The van der Waals surface area contributed by atoms with Crippen molar-refractivity contribution in [1.29, 1.82) is 0 Å². The van der Waals surface area contributed by atoms with E-state index in [9.17, 15) is 10.1 Å². The molecule has 19 heavy (non-hydrogen) atoms. The van der Waals surface area contributed by atoms with E-state index in [-0.39, 0.29) is 17.0 Å². The molecule has 0 N–H and O–H groups in total. The molecule has 0 aliphatic heterocycles. The van der Waals surface area contributed by atoms with Crippen LogP contribution in [0.5, 0.6) is 5.75 Å². The Morgan fingerprint density at radius 3 is 2.53 bits per heavy atom. The maximum absolute atomic E-state index is 11.0. The number of ether oxygens (including phenoxy) is 1. The van der Waals surface area contributed by atoms with E-state index in [0.717, 1.165) is 5.56 Å². The van der Waals surface area contributed by atoms with Crippen LogP contribution in [0.25, 0.3) is 0 Å². The molecular formula is C14H21NO3S. The van der Waals surface area contributed by atoms with E-state index in [1.807, 2.05) is 13.0 Å². The van der Waals surface area contributed by atoms with Crippen molar-refractivity contribution in [3.05, 3.63) is 33.9 Å². The van der Waals surface area contributed by atoms with Gasteiger partial charge in [0.2, 0.25) is 0 Å². The third-order valence-corrected chi connectivity index (χ3v) is 3.70. The number of benzene rings is 1. The number of thiol groups is 1. The van der Waals surface area contributed by atoms with E-state index < -0.39 is 4.92 Å². The van der Waals surface area contributed by atoms with Crippen molar-refractivity contribution in [3.63, 3.8) is 0 Å². The van der Waals surface area contributed by atoms with Crippen molar-refractivity contribution in [3.8, 4) is 5.75 Å². The second-order valence-corrected chi connectivity index (χ2v) is 6.10. The Hall–Kier alpha value is -1.23. The Balaban J connectivity index is 2.91. The normalized spacial score (nSPS) is 13.1. The number of nitrogens with zero attached hydrogens (tertiary/aromatic N) is 1. The molecule has 0 aromatic heterocycles. The van der Waals surface area contributed by atoms with Crippen LogP contribution in [-0.2, 0) is 0 Å². The second-order valence-electron chi connectivity index (χ2n) is 5.74. The van der Waals surface area contributed by atoms with E-state index >= 15 is 0 Å². The van der Waals surface area contributed by atoms with Gasteiger partial charge in [0, 0.05) is 12.0 Å². The van der Waals surface area contributed by atoms with Gasteiger partial charge >= 0.3 is 5.69 Å². The van der Waals surface area contributed by atoms with E-state index in [4.69, 9.17) is 4.74 Å². The van der Waals surface area contributed by atoms with Crippen LogP contribution in [0.4, 0.5) is 5.69 Å². The summed E-state index contributed by atoms with van der Waals surface area (Å²) in [7, 11) is 0. The van der Waals surface area contributed by atoms with Gasteiger partial charge in [-0.3, -0.25) is 10.1 Å². The van der Waals surface area contributed by atoms with E-state index in [1.165, 1.54) is 6.07 Å². The number of nitro benzene ring substituents is 1. The zero-order valence-electron chi connectivity index (χ0n) is 11.8. The van der Waals surface area contributed by atoms with Crippen LogP contribution in [0.3, 0.4) is 0 Å². The van der Waals surface area contributed by atoms with E-state index in [0.29, 0.717) is 18.1 Å². The summed E-state index contributed by atoms with van der Waals surface area (Å²) in [5.41, 5.74) is 0.854. The summed E-state index contributed by atoms with van der Waals surface area (Å²) in [5.74, 6) is 1.28. The number of hydrogen-bond acceptors (Lipinski definition) is 4. The highest BCUT2D eigenvalue weighted by Gasteiger charge is 2.25. The Labute approximate surface area is 119 Å². The minimum absolute atomic E-state index is 0.0202. The maximum Gasteiger partial charge on any atom is 0.311 e. The summed E-state index contributed by atoms with van der Waals surface area (Å²) < 4.78 is 5.72. The predicted molar refractivity (Wildman–Crippen MR) is 80.1 cm³/mol. The third kappa shape index (κ3) is 4.13. The summed E-state index contributed by atoms with van der Waals surface area (Å²) in [6.07, 6.45) is 0. The zero-order chi connectivity index (χ0) is 14.6. The third-order valence-electron chi connectivity index (χ3n) is 3.26. The van der Waals surface area contributed by atoms with Crippen molar-refractivity contribution < 1.29 is 9.66 Å². The van der Waals surface area contributed by atoms with Gasteiger partial charge in [-0.25, -0.2) is 0 Å². The first-order valence-electron chi connectivity index (χ1n) is 6.25. The molecule has 0 spiro atoms. The van der Waals surface area contributed by atoms with Crippen LogP contribution >= 0.6 is 12.6 Å². The summed E-state index contributed by atoms with van der Waals surface area (Å²) >= 11 is 4.33. The lowest BCUT2D eigenvalue weighted by Crippen LogP contribution is -2.28. The highest BCUT2D eigenvalue weighted by molar-refractivity contribution is 7.80. The topological polar surface area (TPSA) is 52.4 Å². The lowest BCUT2D eigenvalue weighted by atomic mass is 9.82. The van der Waals surface area contributed by atoms with Crippen LogP contribution in [0.15, 0.2) is 18.2 Å². The maximum atomic E-state index is 11.0. The molecule has 1 aromatic rings. The quantitative estimate of drug-likeness (QED) is 0.507. The number of nitro groups is 1. The van der Waals surface area contributed by atoms with Gasteiger partial charge in [0.25, 0.3) is 0 Å². The van der Waals surface area contributed by atoms with Crippen molar-refractivity contribution in [2.24, 2.45) is 11.3 Å². The summed E-state index contributed by atoms with van der Waals surface area (Å²) in [4.78, 5) is 10.6. The number of para-hydroxylation sites is 1. The highest BCUT2D eigenvalue weighted by atomic mass is 32.1. The van der Waals surface area contributed by atoms with Gasteiger partial charge in [0.05, 0.1) is 11.5 Å². The molecule has 0 saturated carbocycles. The fourth-order valence-electron chi connectivity index (χ4n) is 1.73. The monoisotopic (exact) mass is 283 g/mol. The average molecular weight is 283 g/mol.